The zero-order valence-electron chi connectivity index (χ0n) is 11.3. The van der Waals surface area contributed by atoms with E-state index < -0.39 is 11.8 Å². The van der Waals surface area contributed by atoms with Crippen LogP contribution in [0.4, 0.5) is 0 Å². The SMILES string of the molecule is O=C(CNC(=O)c1cccs1)NNC(=O)c1ccccc1Cl. The molecule has 0 spiro atoms. The number of thiophene rings is 1. The first-order chi connectivity index (χ1) is 10.6. The summed E-state index contributed by atoms with van der Waals surface area (Å²) in [5.74, 6) is -1.43. The van der Waals surface area contributed by atoms with Gasteiger partial charge in [-0.05, 0) is 23.6 Å². The van der Waals surface area contributed by atoms with Gasteiger partial charge in [-0.15, -0.1) is 11.3 Å². The first kappa shape index (κ1) is 16.0. The van der Waals surface area contributed by atoms with E-state index >= 15 is 0 Å². The molecule has 1 aromatic carbocycles. The van der Waals surface area contributed by atoms with E-state index in [4.69, 9.17) is 11.6 Å². The molecule has 1 heterocycles. The molecular formula is C14H12ClN3O3S. The average molecular weight is 338 g/mol. The standard InChI is InChI=1S/C14H12ClN3O3S/c15-10-5-2-1-4-9(10)13(20)18-17-12(19)8-16-14(21)11-6-3-7-22-11/h1-7H,8H2,(H,16,21)(H,17,19)(H,18,20). The third-order valence-corrected chi connectivity index (χ3v) is 3.79. The number of hydrogen-bond donors (Lipinski definition) is 3. The predicted molar refractivity (Wildman–Crippen MR) is 83.7 cm³/mol. The maximum atomic E-state index is 11.8. The van der Waals surface area contributed by atoms with E-state index in [1.807, 2.05) is 0 Å². The van der Waals surface area contributed by atoms with Gasteiger partial charge < -0.3 is 5.32 Å². The molecule has 0 saturated carbocycles. The quantitative estimate of drug-likeness (QED) is 0.740. The number of amides is 3. The van der Waals surface area contributed by atoms with Crippen molar-refractivity contribution in [1.82, 2.24) is 16.2 Å². The summed E-state index contributed by atoms with van der Waals surface area (Å²) in [5.41, 5.74) is 4.67. The van der Waals surface area contributed by atoms with Crippen molar-refractivity contribution in [3.8, 4) is 0 Å². The van der Waals surface area contributed by atoms with Gasteiger partial charge in [-0.2, -0.15) is 0 Å². The van der Waals surface area contributed by atoms with Crippen LogP contribution in [0.15, 0.2) is 41.8 Å². The van der Waals surface area contributed by atoms with Crippen molar-refractivity contribution in [1.29, 1.82) is 0 Å². The van der Waals surface area contributed by atoms with Crippen LogP contribution in [-0.2, 0) is 4.79 Å². The van der Waals surface area contributed by atoms with E-state index in [-0.39, 0.29) is 23.0 Å². The smallest absolute Gasteiger partial charge is 0.271 e. The maximum Gasteiger partial charge on any atom is 0.271 e. The second-order valence-electron chi connectivity index (χ2n) is 4.14. The molecule has 0 saturated heterocycles. The number of rotatable bonds is 4. The Bertz CT molecular complexity index is 688. The molecule has 0 fully saturated rings. The summed E-state index contributed by atoms with van der Waals surface area (Å²) in [5, 5.41) is 4.48. The highest BCUT2D eigenvalue weighted by Crippen LogP contribution is 2.14. The number of halogens is 1. The van der Waals surface area contributed by atoms with Crippen molar-refractivity contribution in [3.63, 3.8) is 0 Å². The Morgan fingerprint density at radius 2 is 1.77 bits per heavy atom. The fraction of sp³-hybridized carbons (Fsp3) is 0.0714. The van der Waals surface area contributed by atoms with Crippen molar-refractivity contribution >= 4 is 40.7 Å². The summed E-state index contributed by atoms with van der Waals surface area (Å²) >= 11 is 7.14. The molecule has 0 radical (unpaired) electrons. The van der Waals surface area contributed by atoms with Crippen molar-refractivity contribution in [2.75, 3.05) is 6.54 Å². The molecule has 1 aromatic heterocycles. The molecule has 2 aromatic rings. The Kier molecular flexibility index (Phi) is 5.51. The summed E-state index contributed by atoms with van der Waals surface area (Å²) in [6.45, 7) is -0.250. The molecule has 8 heteroatoms. The summed E-state index contributed by atoms with van der Waals surface area (Å²) < 4.78 is 0. The number of hydrazine groups is 1. The predicted octanol–water partition coefficient (Wildman–Crippen LogP) is 1.59. The summed E-state index contributed by atoms with van der Waals surface area (Å²) in [7, 11) is 0. The number of nitrogens with one attached hydrogen (secondary N) is 3. The van der Waals surface area contributed by atoms with Crippen molar-refractivity contribution in [2.45, 2.75) is 0 Å². The van der Waals surface area contributed by atoms with Gasteiger partial charge in [-0.1, -0.05) is 29.8 Å². The van der Waals surface area contributed by atoms with E-state index in [1.54, 1.807) is 35.7 Å². The van der Waals surface area contributed by atoms with Crippen LogP contribution in [-0.4, -0.2) is 24.3 Å². The van der Waals surface area contributed by atoms with Gasteiger partial charge in [0.05, 0.1) is 22.0 Å². The lowest BCUT2D eigenvalue weighted by Gasteiger charge is -2.08. The minimum atomic E-state index is -0.551. The normalized spacial score (nSPS) is 9.86. The third-order valence-electron chi connectivity index (χ3n) is 2.59. The highest BCUT2D eigenvalue weighted by Gasteiger charge is 2.12. The fourth-order valence-corrected chi connectivity index (χ4v) is 2.40. The molecule has 0 aliphatic carbocycles. The van der Waals surface area contributed by atoms with E-state index in [0.717, 1.165) is 0 Å². The fourth-order valence-electron chi connectivity index (χ4n) is 1.54. The van der Waals surface area contributed by atoms with E-state index in [2.05, 4.69) is 16.2 Å². The summed E-state index contributed by atoms with van der Waals surface area (Å²) in [6, 6.07) is 9.84. The molecule has 22 heavy (non-hydrogen) atoms. The Morgan fingerprint density at radius 3 is 2.45 bits per heavy atom. The molecule has 0 bridgehead atoms. The van der Waals surface area contributed by atoms with Crippen LogP contribution in [0, 0.1) is 0 Å². The van der Waals surface area contributed by atoms with E-state index in [0.29, 0.717) is 4.88 Å². The van der Waals surface area contributed by atoms with Crippen LogP contribution in [0.5, 0.6) is 0 Å². The summed E-state index contributed by atoms with van der Waals surface area (Å²) in [6.07, 6.45) is 0. The molecule has 0 aliphatic heterocycles. The minimum Gasteiger partial charge on any atom is -0.342 e. The van der Waals surface area contributed by atoms with Gasteiger partial charge in [0.25, 0.3) is 17.7 Å². The van der Waals surface area contributed by atoms with Crippen LogP contribution >= 0.6 is 22.9 Å². The highest BCUT2D eigenvalue weighted by atomic mass is 35.5. The van der Waals surface area contributed by atoms with Crippen LogP contribution in [0.25, 0.3) is 0 Å². The van der Waals surface area contributed by atoms with E-state index in [9.17, 15) is 14.4 Å². The zero-order valence-corrected chi connectivity index (χ0v) is 12.8. The maximum absolute atomic E-state index is 11.8. The van der Waals surface area contributed by atoms with Crippen molar-refractivity contribution in [2.24, 2.45) is 0 Å². The van der Waals surface area contributed by atoms with Crippen LogP contribution in [0.3, 0.4) is 0 Å². The Balaban J connectivity index is 1.77. The van der Waals surface area contributed by atoms with Gasteiger partial charge in [0, 0.05) is 0 Å². The Morgan fingerprint density at radius 1 is 1.00 bits per heavy atom. The second kappa shape index (κ2) is 7.58. The largest absolute Gasteiger partial charge is 0.342 e. The minimum absolute atomic E-state index is 0.243. The molecule has 3 N–H and O–H groups in total. The number of carbonyl (C=O) groups is 3. The number of benzene rings is 1. The first-order valence-corrected chi connectivity index (χ1v) is 7.49. The monoisotopic (exact) mass is 337 g/mol. The summed E-state index contributed by atoms with van der Waals surface area (Å²) in [4.78, 5) is 35.5. The molecule has 0 atom stereocenters. The van der Waals surface area contributed by atoms with Crippen molar-refractivity contribution < 1.29 is 14.4 Å². The lowest BCUT2D eigenvalue weighted by molar-refractivity contribution is -0.120. The van der Waals surface area contributed by atoms with Crippen LogP contribution in [0.2, 0.25) is 5.02 Å². The van der Waals surface area contributed by atoms with Gasteiger partial charge in [0.1, 0.15) is 0 Å². The van der Waals surface area contributed by atoms with Crippen LogP contribution in [0.1, 0.15) is 20.0 Å². The molecule has 114 valence electrons. The van der Waals surface area contributed by atoms with Crippen molar-refractivity contribution in [3.05, 3.63) is 57.2 Å². The number of hydrogen-bond acceptors (Lipinski definition) is 4. The Labute approximate surface area is 135 Å². The molecular weight excluding hydrogens is 326 g/mol. The van der Waals surface area contributed by atoms with E-state index in [1.165, 1.54) is 17.4 Å². The molecule has 6 nitrogen and oxygen atoms in total. The number of carbonyl (C=O) groups excluding carboxylic acids is 3. The molecule has 2 rings (SSSR count). The Hall–Kier alpha value is -2.38. The lowest BCUT2D eigenvalue weighted by atomic mass is 10.2. The van der Waals surface area contributed by atoms with Gasteiger partial charge in [0.2, 0.25) is 0 Å². The molecule has 3 amide bonds. The van der Waals surface area contributed by atoms with Gasteiger partial charge in [0.15, 0.2) is 0 Å². The zero-order chi connectivity index (χ0) is 15.9. The average Bonchev–Trinajstić information content (AvgIpc) is 3.05. The molecule has 0 unspecified atom stereocenters. The topological polar surface area (TPSA) is 87.3 Å². The molecule has 0 aliphatic rings. The third kappa shape index (κ3) is 4.31. The van der Waals surface area contributed by atoms with Gasteiger partial charge >= 0.3 is 0 Å². The second-order valence-corrected chi connectivity index (χ2v) is 5.50. The first-order valence-electron chi connectivity index (χ1n) is 6.23. The lowest BCUT2D eigenvalue weighted by Crippen LogP contribution is -2.46. The highest BCUT2D eigenvalue weighted by molar-refractivity contribution is 7.12. The van der Waals surface area contributed by atoms with Gasteiger partial charge in [-0.25, -0.2) is 0 Å². The van der Waals surface area contributed by atoms with Crippen LogP contribution < -0.4 is 16.2 Å². The van der Waals surface area contributed by atoms with Gasteiger partial charge in [-0.3, -0.25) is 25.2 Å².